The lowest BCUT2D eigenvalue weighted by molar-refractivity contribution is -0.139. The van der Waals surface area contributed by atoms with Gasteiger partial charge in [0.25, 0.3) is 0 Å². The fourth-order valence-corrected chi connectivity index (χ4v) is 4.15. The molecule has 0 unspecified atom stereocenters. The van der Waals surface area contributed by atoms with Crippen molar-refractivity contribution in [3.8, 4) is 6.07 Å². The second kappa shape index (κ2) is 5.49. The van der Waals surface area contributed by atoms with Gasteiger partial charge in [0, 0.05) is 4.88 Å². The van der Waals surface area contributed by atoms with E-state index in [-0.39, 0.29) is 5.91 Å². The number of nitrogens with zero attached hydrogens (tertiary/aromatic N) is 1. The highest BCUT2D eigenvalue weighted by Crippen LogP contribution is 2.42. The monoisotopic (exact) mass is 304 g/mol. The van der Waals surface area contributed by atoms with Gasteiger partial charge in [0.2, 0.25) is 5.91 Å². The molecule has 1 aromatic rings. The molecular weight excluding hydrogens is 288 g/mol. The zero-order valence-electron chi connectivity index (χ0n) is 11.5. The first kappa shape index (κ1) is 14.1. The highest BCUT2D eigenvalue weighted by atomic mass is 32.1. The van der Waals surface area contributed by atoms with Crippen LogP contribution in [-0.2, 0) is 22.4 Å². The number of fused-ring (bicyclic) bond motifs is 1. The van der Waals surface area contributed by atoms with Crippen molar-refractivity contribution in [1.82, 2.24) is 0 Å². The topological polar surface area (TPSA) is 90.2 Å². The Balaban J connectivity index is 1.79. The number of aryl methyl sites for hydroxylation is 1. The number of aliphatic carboxylic acids is 1. The molecule has 0 spiro atoms. The number of hydrogen-bond donors (Lipinski definition) is 2. The van der Waals surface area contributed by atoms with E-state index in [1.165, 1.54) is 22.6 Å². The molecule has 0 saturated heterocycles. The van der Waals surface area contributed by atoms with Crippen molar-refractivity contribution in [2.75, 3.05) is 5.32 Å². The number of carbonyl (C=O) groups is 2. The molecule has 1 saturated carbocycles. The lowest BCUT2D eigenvalue weighted by Gasteiger charge is -2.03. The maximum atomic E-state index is 12.1. The Morgan fingerprint density at radius 3 is 2.67 bits per heavy atom. The third kappa shape index (κ3) is 2.66. The first-order valence-corrected chi connectivity index (χ1v) is 8.01. The second-order valence-electron chi connectivity index (χ2n) is 5.66. The molecular formula is C15H16N2O3S. The predicted molar refractivity (Wildman–Crippen MR) is 78.2 cm³/mol. The third-order valence-corrected chi connectivity index (χ3v) is 5.42. The maximum absolute atomic E-state index is 12.1. The fourth-order valence-electron chi connectivity index (χ4n) is 2.91. The summed E-state index contributed by atoms with van der Waals surface area (Å²) in [4.78, 5) is 24.1. The average molecular weight is 304 g/mol. The standard InChI is InChI=1S/C15H16N2O3S/c16-7-11-8-4-2-1-3-5-12(8)21-14(11)17-13(18)9-6-10(9)15(19)20/h9-10H,1-6H2,(H,17,18)(H,19,20)/t9-,10+/m1/s1. The van der Waals surface area contributed by atoms with Gasteiger partial charge in [0.1, 0.15) is 11.1 Å². The van der Waals surface area contributed by atoms with Crippen LogP contribution in [0.2, 0.25) is 0 Å². The van der Waals surface area contributed by atoms with E-state index in [0.29, 0.717) is 17.0 Å². The van der Waals surface area contributed by atoms with Gasteiger partial charge < -0.3 is 10.4 Å². The predicted octanol–water partition coefficient (Wildman–Crippen LogP) is 2.55. The summed E-state index contributed by atoms with van der Waals surface area (Å²) in [7, 11) is 0. The van der Waals surface area contributed by atoms with Crippen molar-refractivity contribution >= 4 is 28.2 Å². The number of nitriles is 1. The number of amides is 1. The number of thiophene rings is 1. The van der Waals surface area contributed by atoms with E-state index in [9.17, 15) is 14.9 Å². The normalized spacial score (nSPS) is 23.6. The SMILES string of the molecule is N#Cc1c(NC(=O)[C@@H]2C[C@@H]2C(=O)O)sc2c1CCCCC2. The summed E-state index contributed by atoms with van der Waals surface area (Å²) < 4.78 is 0. The summed E-state index contributed by atoms with van der Waals surface area (Å²) in [5, 5.41) is 21.6. The van der Waals surface area contributed by atoms with Gasteiger partial charge in [-0.2, -0.15) is 5.26 Å². The van der Waals surface area contributed by atoms with Crippen molar-refractivity contribution in [1.29, 1.82) is 5.26 Å². The number of carbonyl (C=O) groups excluding carboxylic acids is 1. The van der Waals surface area contributed by atoms with Crippen LogP contribution < -0.4 is 5.32 Å². The fraction of sp³-hybridized carbons (Fsp3) is 0.533. The Labute approximate surface area is 126 Å². The molecule has 0 bridgehead atoms. The minimum Gasteiger partial charge on any atom is -0.481 e. The van der Waals surface area contributed by atoms with Crippen LogP contribution in [0, 0.1) is 23.2 Å². The Morgan fingerprint density at radius 1 is 1.24 bits per heavy atom. The highest BCUT2D eigenvalue weighted by molar-refractivity contribution is 7.16. The van der Waals surface area contributed by atoms with Crippen LogP contribution in [0.5, 0.6) is 0 Å². The molecule has 21 heavy (non-hydrogen) atoms. The van der Waals surface area contributed by atoms with E-state index in [1.807, 2.05) is 0 Å². The Hall–Kier alpha value is -1.87. The van der Waals surface area contributed by atoms with Crippen molar-refractivity contribution < 1.29 is 14.7 Å². The van der Waals surface area contributed by atoms with Gasteiger partial charge in [-0.1, -0.05) is 6.42 Å². The highest BCUT2D eigenvalue weighted by Gasteiger charge is 2.48. The quantitative estimate of drug-likeness (QED) is 0.840. The molecule has 1 amide bonds. The minimum absolute atomic E-state index is 0.268. The van der Waals surface area contributed by atoms with E-state index in [2.05, 4.69) is 11.4 Å². The minimum atomic E-state index is -0.919. The Kier molecular flexibility index (Phi) is 3.68. The summed E-state index contributed by atoms with van der Waals surface area (Å²) in [6, 6.07) is 2.21. The van der Waals surface area contributed by atoms with Crippen LogP contribution >= 0.6 is 11.3 Å². The summed E-state index contributed by atoms with van der Waals surface area (Å²) in [5.74, 6) is -2.20. The number of carboxylic acids is 1. The maximum Gasteiger partial charge on any atom is 0.307 e. The number of hydrogen-bond acceptors (Lipinski definition) is 4. The van der Waals surface area contributed by atoms with Crippen LogP contribution in [0.1, 0.15) is 41.7 Å². The van der Waals surface area contributed by atoms with Gasteiger partial charge in [-0.05, 0) is 37.7 Å². The number of anilines is 1. The van der Waals surface area contributed by atoms with Gasteiger partial charge in [0.05, 0.1) is 17.4 Å². The molecule has 1 fully saturated rings. The molecule has 110 valence electrons. The first-order chi connectivity index (χ1) is 10.1. The number of rotatable bonds is 3. The first-order valence-electron chi connectivity index (χ1n) is 7.20. The Bertz CT molecular complexity index is 644. The van der Waals surface area contributed by atoms with Crippen LogP contribution in [0.25, 0.3) is 0 Å². The summed E-state index contributed by atoms with van der Waals surface area (Å²) in [6.45, 7) is 0. The van der Waals surface area contributed by atoms with Crippen LogP contribution in [-0.4, -0.2) is 17.0 Å². The number of carboxylic acid groups (broad SMARTS) is 1. The molecule has 2 aliphatic carbocycles. The lowest BCUT2D eigenvalue weighted by Crippen LogP contribution is -2.16. The second-order valence-corrected chi connectivity index (χ2v) is 6.76. The van der Waals surface area contributed by atoms with Crippen LogP contribution in [0.15, 0.2) is 0 Å². The molecule has 1 heterocycles. The molecule has 1 aromatic heterocycles. The molecule has 0 aliphatic heterocycles. The third-order valence-electron chi connectivity index (χ3n) is 4.21. The summed E-state index contributed by atoms with van der Waals surface area (Å²) in [5.41, 5.74) is 1.67. The number of nitrogens with one attached hydrogen (secondary N) is 1. The molecule has 5 nitrogen and oxygen atoms in total. The van der Waals surface area contributed by atoms with Crippen molar-refractivity contribution in [2.24, 2.45) is 11.8 Å². The van der Waals surface area contributed by atoms with E-state index in [0.717, 1.165) is 31.2 Å². The van der Waals surface area contributed by atoms with Gasteiger partial charge in [0.15, 0.2) is 0 Å². The van der Waals surface area contributed by atoms with Gasteiger partial charge in [-0.3, -0.25) is 9.59 Å². The Morgan fingerprint density at radius 2 is 2.00 bits per heavy atom. The van der Waals surface area contributed by atoms with E-state index < -0.39 is 17.8 Å². The average Bonchev–Trinajstić information content (AvgIpc) is 3.21. The van der Waals surface area contributed by atoms with Crippen molar-refractivity contribution in [3.05, 3.63) is 16.0 Å². The zero-order chi connectivity index (χ0) is 15.0. The molecule has 0 radical (unpaired) electrons. The van der Waals surface area contributed by atoms with E-state index >= 15 is 0 Å². The largest absolute Gasteiger partial charge is 0.481 e. The molecule has 2 N–H and O–H groups in total. The van der Waals surface area contributed by atoms with Gasteiger partial charge in [-0.25, -0.2) is 0 Å². The molecule has 3 rings (SSSR count). The zero-order valence-corrected chi connectivity index (χ0v) is 12.3. The molecule has 2 atom stereocenters. The van der Waals surface area contributed by atoms with Gasteiger partial charge >= 0.3 is 5.97 Å². The molecule has 0 aromatic carbocycles. The molecule has 2 aliphatic rings. The van der Waals surface area contributed by atoms with E-state index in [4.69, 9.17) is 5.11 Å². The van der Waals surface area contributed by atoms with Crippen LogP contribution in [0.3, 0.4) is 0 Å². The van der Waals surface area contributed by atoms with Crippen molar-refractivity contribution in [2.45, 2.75) is 38.5 Å². The summed E-state index contributed by atoms with van der Waals surface area (Å²) in [6.07, 6.45) is 5.63. The van der Waals surface area contributed by atoms with Gasteiger partial charge in [-0.15, -0.1) is 11.3 Å². The summed E-state index contributed by atoms with van der Waals surface area (Å²) >= 11 is 1.48. The van der Waals surface area contributed by atoms with E-state index in [1.54, 1.807) is 0 Å². The molecule has 6 heteroatoms. The smallest absolute Gasteiger partial charge is 0.307 e. The van der Waals surface area contributed by atoms with Crippen LogP contribution in [0.4, 0.5) is 5.00 Å². The lowest BCUT2D eigenvalue weighted by atomic mass is 10.1. The van der Waals surface area contributed by atoms with Crippen molar-refractivity contribution in [3.63, 3.8) is 0 Å².